The number of hydrogen-bond acceptors (Lipinski definition) is 3. The van der Waals surface area contributed by atoms with E-state index in [-0.39, 0.29) is 11.3 Å². The fourth-order valence-corrected chi connectivity index (χ4v) is 1.54. The first-order valence-electron chi connectivity index (χ1n) is 5.28. The Kier molecular flexibility index (Phi) is 3.33. The monoisotopic (exact) mass is 242 g/mol. The molecule has 0 aliphatic carbocycles. The average molecular weight is 242 g/mol. The van der Waals surface area contributed by atoms with Crippen molar-refractivity contribution in [3.05, 3.63) is 75.5 Å². The minimum Gasteiger partial charge on any atom is -0.618 e. The Balaban J connectivity index is 2.42. The van der Waals surface area contributed by atoms with E-state index in [0.29, 0.717) is 10.4 Å². The number of nitro groups is 1. The van der Waals surface area contributed by atoms with Gasteiger partial charge in [0, 0.05) is 18.2 Å². The molecule has 0 N–H and O–H groups in total. The fourth-order valence-electron chi connectivity index (χ4n) is 1.54. The molecule has 0 bridgehead atoms. The van der Waals surface area contributed by atoms with E-state index in [9.17, 15) is 15.3 Å². The van der Waals surface area contributed by atoms with E-state index in [2.05, 4.69) is 0 Å². The van der Waals surface area contributed by atoms with Crippen LogP contribution in [0.25, 0.3) is 0 Å². The third kappa shape index (κ3) is 2.52. The van der Waals surface area contributed by atoms with E-state index in [1.165, 1.54) is 18.3 Å². The summed E-state index contributed by atoms with van der Waals surface area (Å²) in [4.78, 5) is 10.3. The van der Waals surface area contributed by atoms with Gasteiger partial charge in [0.1, 0.15) is 5.56 Å². The molecule has 0 radical (unpaired) electrons. The van der Waals surface area contributed by atoms with E-state index in [4.69, 9.17) is 0 Å². The second kappa shape index (κ2) is 5.09. The van der Waals surface area contributed by atoms with Crippen LogP contribution < -0.4 is 0 Å². The van der Waals surface area contributed by atoms with E-state index in [1.807, 2.05) is 0 Å². The van der Waals surface area contributed by atoms with Gasteiger partial charge in [-0.15, -0.1) is 0 Å². The summed E-state index contributed by atoms with van der Waals surface area (Å²) in [7, 11) is 0. The molecule has 0 aromatic heterocycles. The lowest BCUT2D eigenvalue weighted by atomic mass is 10.2. The van der Waals surface area contributed by atoms with Crippen LogP contribution in [0.3, 0.4) is 0 Å². The molecule has 2 rings (SSSR count). The number of benzene rings is 2. The van der Waals surface area contributed by atoms with Crippen LogP contribution in [0.1, 0.15) is 5.56 Å². The summed E-state index contributed by atoms with van der Waals surface area (Å²) in [6, 6.07) is 14.6. The molecule has 0 heterocycles. The van der Waals surface area contributed by atoms with Gasteiger partial charge in [0.2, 0.25) is 5.69 Å². The van der Waals surface area contributed by atoms with Gasteiger partial charge in [-0.25, -0.2) is 0 Å². The summed E-state index contributed by atoms with van der Waals surface area (Å²) in [5, 5.41) is 22.6. The molecule has 0 spiro atoms. The predicted octanol–water partition coefficient (Wildman–Crippen LogP) is 2.86. The maximum atomic E-state index is 11.8. The molecule has 0 atom stereocenters. The van der Waals surface area contributed by atoms with Gasteiger partial charge in [0.25, 0.3) is 5.69 Å². The highest BCUT2D eigenvalue weighted by atomic mass is 16.6. The van der Waals surface area contributed by atoms with Crippen molar-refractivity contribution >= 4 is 17.6 Å². The highest BCUT2D eigenvalue weighted by Gasteiger charge is 2.13. The van der Waals surface area contributed by atoms with Gasteiger partial charge < -0.3 is 5.21 Å². The van der Waals surface area contributed by atoms with Crippen molar-refractivity contribution in [1.29, 1.82) is 0 Å². The molecule has 0 saturated heterocycles. The summed E-state index contributed by atoms with van der Waals surface area (Å²) >= 11 is 0. The third-order valence-corrected chi connectivity index (χ3v) is 2.40. The maximum absolute atomic E-state index is 11.8. The van der Waals surface area contributed by atoms with Crippen LogP contribution >= 0.6 is 0 Å². The maximum Gasteiger partial charge on any atom is 0.282 e. The molecule has 2 aromatic rings. The van der Waals surface area contributed by atoms with Gasteiger partial charge in [-0.3, -0.25) is 10.1 Å². The van der Waals surface area contributed by atoms with Crippen LogP contribution in [-0.2, 0) is 0 Å². The van der Waals surface area contributed by atoms with Crippen LogP contribution in [0.4, 0.5) is 11.4 Å². The topological polar surface area (TPSA) is 69.2 Å². The normalized spacial score (nSPS) is 11.2. The number of hydrogen-bond donors (Lipinski definition) is 0. The highest BCUT2D eigenvalue weighted by molar-refractivity contribution is 5.82. The van der Waals surface area contributed by atoms with Gasteiger partial charge >= 0.3 is 0 Å². The first-order chi connectivity index (χ1) is 8.68. The van der Waals surface area contributed by atoms with Crippen molar-refractivity contribution < 1.29 is 9.66 Å². The average Bonchev–Trinajstić information content (AvgIpc) is 2.40. The Morgan fingerprint density at radius 2 is 1.50 bits per heavy atom. The zero-order chi connectivity index (χ0) is 13.0. The lowest BCUT2D eigenvalue weighted by Gasteiger charge is -2.02. The van der Waals surface area contributed by atoms with Crippen molar-refractivity contribution in [2.45, 2.75) is 0 Å². The predicted molar refractivity (Wildman–Crippen MR) is 68.0 cm³/mol. The van der Waals surface area contributed by atoms with Crippen molar-refractivity contribution in [2.75, 3.05) is 0 Å². The van der Waals surface area contributed by atoms with E-state index in [1.54, 1.807) is 42.5 Å². The van der Waals surface area contributed by atoms with E-state index < -0.39 is 4.92 Å². The van der Waals surface area contributed by atoms with Crippen LogP contribution in [0, 0.1) is 15.3 Å². The Morgan fingerprint density at radius 1 is 0.889 bits per heavy atom. The van der Waals surface area contributed by atoms with Gasteiger partial charge in [0.05, 0.1) is 4.92 Å². The Hall–Kier alpha value is -2.69. The first kappa shape index (κ1) is 11.8. The smallest absolute Gasteiger partial charge is 0.282 e. The molecule has 5 heteroatoms. The number of rotatable bonds is 3. The second-order valence-electron chi connectivity index (χ2n) is 3.61. The molecule has 5 nitrogen and oxygen atoms in total. The lowest BCUT2D eigenvalue weighted by molar-refractivity contribution is -0.386. The number of para-hydroxylation sites is 2. The zero-order valence-electron chi connectivity index (χ0n) is 9.39. The molecular formula is C13H10N2O3. The minimum absolute atomic E-state index is 0.0886. The first-order valence-corrected chi connectivity index (χ1v) is 5.28. The second-order valence-corrected chi connectivity index (χ2v) is 3.61. The molecule has 0 aliphatic heterocycles. The fraction of sp³-hybridized carbons (Fsp3) is 0. The zero-order valence-corrected chi connectivity index (χ0v) is 9.39. The van der Waals surface area contributed by atoms with E-state index in [0.717, 1.165) is 0 Å². The largest absolute Gasteiger partial charge is 0.618 e. The van der Waals surface area contributed by atoms with Gasteiger partial charge in [-0.05, 0) is 6.07 Å². The molecule has 0 unspecified atom stereocenters. The molecule has 0 saturated carbocycles. The van der Waals surface area contributed by atoms with Crippen LogP contribution in [0.5, 0.6) is 0 Å². The summed E-state index contributed by atoms with van der Waals surface area (Å²) in [6.07, 6.45) is 1.20. The lowest BCUT2D eigenvalue weighted by Crippen LogP contribution is -2.01. The van der Waals surface area contributed by atoms with Crippen LogP contribution in [-0.4, -0.2) is 15.9 Å². The van der Waals surface area contributed by atoms with Crippen molar-refractivity contribution in [1.82, 2.24) is 0 Å². The van der Waals surface area contributed by atoms with Crippen LogP contribution in [0.2, 0.25) is 0 Å². The highest BCUT2D eigenvalue weighted by Crippen LogP contribution is 2.17. The molecular weight excluding hydrogens is 232 g/mol. The number of nitro benzene ring substituents is 1. The van der Waals surface area contributed by atoms with Gasteiger partial charge in [-0.2, -0.15) is 4.74 Å². The van der Waals surface area contributed by atoms with Crippen molar-refractivity contribution in [3.63, 3.8) is 0 Å². The van der Waals surface area contributed by atoms with E-state index >= 15 is 0 Å². The summed E-state index contributed by atoms with van der Waals surface area (Å²) in [5.74, 6) is 0. The molecule has 2 aromatic carbocycles. The summed E-state index contributed by atoms with van der Waals surface area (Å²) < 4.78 is 0.613. The number of nitrogens with zero attached hydrogens (tertiary/aromatic N) is 2. The Morgan fingerprint density at radius 3 is 2.17 bits per heavy atom. The molecule has 0 fully saturated rings. The van der Waals surface area contributed by atoms with Crippen molar-refractivity contribution in [3.8, 4) is 0 Å². The Labute approximate surface area is 103 Å². The standard InChI is InChI=1S/C13H10N2O3/c16-14(12-7-2-1-3-8-12)10-11-6-4-5-9-13(11)15(17)18/h1-10H/b14-10-. The molecule has 90 valence electrons. The SMILES string of the molecule is O=[N+]([O-])c1ccccc1/C=[N+](\[O-])c1ccccc1. The molecule has 18 heavy (non-hydrogen) atoms. The third-order valence-electron chi connectivity index (χ3n) is 2.40. The molecule has 0 aliphatic rings. The van der Waals surface area contributed by atoms with Crippen molar-refractivity contribution in [2.24, 2.45) is 0 Å². The summed E-state index contributed by atoms with van der Waals surface area (Å²) in [6.45, 7) is 0. The Bertz CT molecular complexity index is 594. The van der Waals surface area contributed by atoms with Gasteiger partial charge in [-0.1, -0.05) is 30.3 Å². The summed E-state index contributed by atoms with van der Waals surface area (Å²) in [5.41, 5.74) is 0.617. The molecule has 0 amide bonds. The van der Waals surface area contributed by atoms with Gasteiger partial charge in [0.15, 0.2) is 6.21 Å². The quantitative estimate of drug-likeness (QED) is 0.273. The van der Waals surface area contributed by atoms with Crippen LogP contribution in [0.15, 0.2) is 54.6 Å². The minimum atomic E-state index is -0.509.